The summed E-state index contributed by atoms with van der Waals surface area (Å²) in [7, 11) is 3.40. The highest BCUT2D eigenvalue weighted by Crippen LogP contribution is 2.56. The molecule has 6 saturated heterocycles. The number of fused-ring (bicyclic) bond motifs is 6. The van der Waals surface area contributed by atoms with E-state index in [-0.39, 0.29) is 18.6 Å². The molecule has 8 rings (SSSR count). The first-order valence-corrected chi connectivity index (χ1v) is 15.2. The second-order valence-corrected chi connectivity index (χ2v) is 12.9. The summed E-state index contributed by atoms with van der Waals surface area (Å²) in [5.74, 6) is -0.302. The molecule has 8 fully saturated rings. The van der Waals surface area contributed by atoms with Gasteiger partial charge in [-0.25, -0.2) is 19.6 Å². The van der Waals surface area contributed by atoms with Gasteiger partial charge in [-0.3, -0.25) is 0 Å². The fourth-order valence-corrected chi connectivity index (χ4v) is 8.55. The Morgan fingerprint density at radius 1 is 0.615 bits per heavy atom. The van der Waals surface area contributed by atoms with E-state index >= 15 is 0 Å². The van der Waals surface area contributed by atoms with Gasteiger partial charge in [0.2, 0.25) is 11.6 Å². The van der Waals surface area contributed by atoms with Gasteiger partial charge in [0.05, 0.1) is 0 Å². The van der Waals surface area contributed by atoms with Gasteiger partial charge in [0.1, 0.15) is 6.79 Å². The molecule has 0 aromatic heterocycles. The third-order valence-corrected chi connectivity index (χ3v) is 10.6. The summed E-state index contributed by atoms with van der Waals surface area (Å²) in [5.41, 5.74) is -1.16. The van der Waals surface area contributed by atoms with Crippen LogP contribution >= 0.6 is 0 Å². The highest BCUT2D eigenvalue weighted by atomic mass is 17.3. The van der Waals surface area contributed by atoms with Gasteiger partial charge in [-0.15, -0.1) is 0 Å². The SMILES string of the molecule is CO[C@H]1O[C@]2(C)CCC3CCCC(CCOCOCCC4CCCC5CC[C@]6(C)OO[C@@]45[C@@H](OC)O6)[C@]31OO2. The molecule has 0 aromatic rings. The summed E-state index contributed by atoms with van der Waals surface area (Å²) in [6.07, 6.45) is 11.1. The van der Waals surface area contributed by atoms with E-state index in [0.29, 0.717) is 25.0 Å². The van der Waals surface area contributed by atoms with Crippen molar-refractivity contribution in [3.05, 3.63) is 0 Å². The summed E-state index contributed by atoms with van der Waals surface area (Å²) in [5, 5.41) is 0. The third-order valence-electron chi connectivity index (χ3n) is 10.6. The molecule has 6 heterocycles. The van der Waals surface area contributed by atoms with Gasteiger partial charge in [-0.1, -0.05) is 12.8 Å². The second kappa shape index (κ2) is 11.4. The third kappa shape index (κ3) is 5.00. The van der Waals surface area contributed by atoms with E-state index in [2.05, 4.69) is 0 Å². The Bertz CT molecular complexity index is 779. The highest BCUT2D eigenvalue weighted by molar-refractivity contribution is 5.05. The van der Waals surface area contributed by atoms with Gasteiger partial charge in [0.25, 0.3) is 0 Å². The lowest BCUT2D eigenvalue weighted by atomic mass is 9.65. The van der Waals surface area contributed by atoms with Crippen LogP contribution in [0.1, 0.15) is 90.9 Å². The minimum Gasteiger partial charge on any atom is -0.355 e. The van der Waals surface area contributed by atoms with Gasteiger partial charge in [0, 0.05) is 40.3 Å². The number of hydrogen-bond donors (Lipinski definition) is 0. The van der Waals surface area contributed by atoms with Gasteiger partial charge in [-0.05, 0) is 88.9 Å². The highest BCUT2D eigenvalue weighted by Gasteiger charge is 2.65. The first-order chi connectivity index (χ1) is 18.9. The molecule has 8 aliphatic rings. The quantitative estimate of drug-likeness (QED) is 0.208. The molecule has 0 amide bonds. The lowest BCUT2D eigenvalue weighted by Gasteiger charge is -2.53. The standard InChI is InChI=1S/C29H48O10/c1-26-15-11-20-7-5-9-22(28(20,38-36-26)24(30-3)34-26)13-17-32-19-33-18-14-23-10-6-8-21-12-16-27(2)35-25(31-4)29(21,23)39-37-27/h20-25H,5-19H2,1-4H3/t20?,21?,22?,23?,24-,25-,26-,27-,28+,29+/m0/s1. The first kappa shape index (κ1) is 28.7. The van der Waals surface area contributed by atoms with E-state index in [9.17, 15) is 0 Å². The van der Waals surface area contributed by atoms with Crippen LogP contribution in [-0.4, -0.2) is 69.6 Å². The van der Waals surface area contributed by atoms with Crippen LogP contribution in [0.5, 0.6) is 0 Å². The number of rotatable bonds is 10. The number of ether oxygens (including phenoxy) is 6. The Morgan fingerprint density at radius 2 is 1.08 bits per heavy atom. The number of methoxy groups -OCH3 is 2. The lowest BCUT2D eigenvalue weighted by molar-refractivity contribution is -0.555. The van der Waals surface area contributed by atoms with Crippen LogP contribution in [0.4, 0.5) is 0 Å². The molecule has 224 valence electrons. The monoisotopic (exact) mass is 556 g/mol. The summed E-state index contributed by atoms with van der Waals surface area (Å²) in [6.45, 7) is 5.30. The van der Waals surface area contributed by atoms with Crippen LogP contribution in [-0.2, 0) is 48.0 Å². The molecule has 10 nitrogen and oxygen atoms in total. The van der Waals surface area contributed by atoms with Crippen LogP contribution in [0.3, 0.4) is 0 Å². The van der Waals surface area contributed by atoms with Gasteiger partial charge >= 0.3 is 0 Å². The van der Waals surface area contributed by atoms with Crippen molar-refractivity contribution in [2.75, 3.05) is 34.2 Å². The van der Waals surface area contributed by atoms with Gasteiger partial charge in [-0.2, -0.15) is 0 Å². The summed E-state index contributed by atoms with van der Waals surface area (Å²) in [6, 6.07) is 0. The van der Waals surface area contributed by atoms with Crippen LogP contribution in [0.2, 0.25) is 0 Å². The fraction of sp³-hybridized carbons (Fsp3) is 1.00. The molecular formula is C29H48O10. The van der Waals surface area contributed by atoms with E-state index in [1.54, 1.807) is 14.2 Å². The zero-order valence-corrected chi connectivity index (χ0v) is 24.2. The van der Waals surface area contributed by atoms with Crippen molar-refractivity contribution in [2.24, 2.45) is 23.7 Å². The summed E-state index contributed by atoms with van der Waals surface area (Å²) >= 11 is 0. The molecule has 6 aliphatic heterocycles. The predicted octanol–water partition coefficient (Wildman–Crippen LogP) is 4.99. The maximum atomic E-state index is 6.27. The molecule has 2 spiro atoms. The minimum atomic E-state index is -0.739. The molecule has 0 aromatic carbocycles. The van der Waals surface area contributed by atoms with Crippen molar-refractivity contribution in [3.8, 4) is 0 Å². The molecular weight excluding hydrogens is 508 g/mol. The molecule has 4 bridgehead atoms. The fourth-order valence-electron chi connectivity index (χ4n) is 8.55. The van der Waals surface area contributed by atoms with Crippen molar-refractivity contribution in [2.45, 2.75) is 126 Å². The van der Waals surface area contributed by atoms with Crippen LogP contribution < -0.4 is 0 Å². The largest absolute Gasteiger partial charge is 0.355 e. The van der Waals surface area contributed by atoms with E-state index in [1.165, 1.54) is 12.8 Å². The Hall–Kier alpha value is -0.400. The lowest BCUT2D eigenvalue weighted by Crippen LogP contribution is -2.63. The normalized spacial score (nSPS) is 49.2. The minimum absolute atomic E-state index is 0.234. The maximum absolute atomic E-state index is 6.27. The predicted molar refractivity (Wildman–Crippen MR) is 137 cm³/mol. The maximum Gasteiger partial charge on any atom is 0.201 e. The van der Waals surface area contributed by atoms with E-state index < -0.39 is 35.4 Å². The van der Waals surface area contributed by atoms with Crippen molar-refractivity contribution in [1.29, 1.82) is 0 Å². The molecule has 10 heteroatoms. The zero-order valence-electron chi connectivity index (χ0n) is 24.2. The zero-order chi connectivity index (χ0) is 27.1. The van der Waals surface area contributed by atoms with E-state index in [4.69, 9.17) is 48.0 Å². The summed E-state index contributed by atoms with van der Waals surface area (Å²) < 4.78 is 36.1. The van der Waals surface area contributed by atoms with Gasteiger partial charge in [0.15, 0.2) is 23.8 Å². The number of hydrogen-bond acceptors (Lipinski definition) is 10. The van der Waals surface area contributed by atoms with Crippen molar-refractivity contribution < 1.29 is 48.0 Å². The molecule has 0 radical (unpaired) electrons. The Morgan fingerprint density at radius 3 is 1.51 bits per heavy atom. The van der Waals surface area contributed by atoms with Crippen molar-refractivity contribution in [1.82, 2.24) is 0 Å². The van der Waals surface area contributed by atoms with E-state index in [1.807, 2.05) is 13.8 Å². The Labute approximate surface area is 232 Å². The Balaban J connectivity index is 0.988. The molecule has 39 heavy (non-hydrogen) atoms. The van der Waals surface area contributed by atoms with Crippen LogP contribution in [0.15, 0.2) is 0 Å². The first-order valence-electron chi connectivity index (χ1n) is 15.2. The van der Waals surface area contributed by atoms with Crippen molar-refractivity contribution >= 4 is 0 Å². The Kier molecular flexibility index (Phi) is 8.36. The van der Waals surface area contributed by atoms with Gasteiger partial charge < -0.3 is 28.4 Å². The average molecular weight is 557 g/mol. The second-order valence-electron chi connectivity index (χ2n) is 12.9. The van der Waals surface area contributed by atoms with Crippen LogP contribution in [0, 0.1) is 23.7 Å². The molecule has 10 atom stereocenters. The molecule has 4 unspecified atom stereocenters. The molecule has 2 saturated carbocycles. The summed E-state index contributed by atoms with van der Waals surface area (Å²) in [4.78, 5) is 24.0. The van der Waals surface area contributed by atoms with Crippen LogP contribution in [0.25, 0.3) is 0 Å². The average Bonchev–Trinajstić information content (AvgIpc) is 3.32. The topological polar surface area (TPSA) is 92.3 Å². The molecule has 2 aliphatic carbocycles. The van der Waals surface area contributed by atoms with E-state index in [0.717, 1.165) is 64.2 Å². The van der Waals surface area contributed by atoms with Crippen molar-refractivity contribution in [3.63, 3.8) is 0 Å². The molecule has 0 N–H and O–H groups in total. The smallest absolute Gasteiger partial charge is 0.201 e.